The van der Waals surface area contributed by atoms with Crippen molar-refractivity contribution in [1.82, 2.24) is 10.2 Å². The topological polar surface area (TPSA) is 49.4 Å². The molecule has 3 rings (SSSR count). The molecule has 2 fully saturated rings. The lowest BCUT2D eigenvalue weighted by molar-refractivity contribution is -0.130. The number of nitrogens with one attached hydrogen (secondary N) is 1. The van der Waals surface area contributed by atoms with Gasteiger partial charge in [-0.25, -0.2) is 0 Å². The third-order valence-electron chi connectivity index (χ3n) is 5.36. The van der Waals surface area contributed by atoms with Crippen molar-refractivity contribution in [2.24, 2.45) is 5.92 Å². The molecule has 2 aliphatic rings. The summed E-state index contributed by atoms with van der Waals surface area (Å²) in [6.07, 6.45) is 5.02. The molecule has 136 valence electrons. The molecule has 2 amide bonds. The van der Waals surface area contributed by atoms with Crippen LogP contribution in [0.25, 0.3) is 0 Å². The molecule has 4 nitrogen and oxygen atoms in total. The first kappa shape index (κ1) is 18.3. The summed E-state index contributed by atoms with van der Waals surface area (Å²) in [5, 5.41) is 3.02. The lowest BCUT2D eigenvalue weighted by Crippen LogP contribution is -2.37. The monoisotopic (exact) mass is 360 g/mol. The predicted molar refractivity (Wildman–Crippen MR) is 102 cm³/mol. The Hall–Kier alpha value is -1.49. The molecule has 0 aromatic heterocycles. The molecule has 1 aliphatic heterocycles. The highest BCUT2D eigenvalue weighted by molar-refractivity contribution is 7.98. The van der Waals surface area contributed by atoms with Gasteiger partial charge in [0.1, 0.15) is 0 Å². The van der Waals surface area contributed by atoms with Crippen LogP contribution >= 0.6 is 11.8 Å². The lowest BCUT2D eigenvalue weighted by Gasteiger charge is -2.23. The van der Waals surface area contributed by atoms with Crippen LogP contribution in [0.3, 0.4) is 0 Å². The van der Waals surface area contributed by atoms with Gasteiger partial charge in [-0.05, 0) is 30.9 Å². The van der Waals surface area contributed by atoms with E-state index >= 15 is 0 Å². The second kappa shape index (κ2) is 8.75. The minimum atomic E-state index is -0.158. The van der Waals surface area contributed by atoms with Crippen LogP contribution in [0.1, 0.15) is 43.2 Å². The van der Waals surface area contributed by atoms with E-state index in [1.807, 2.05) is 16.7 Å². The van der Waals surface area contributed by atoms with E-state index in [0.29, 0.717) is 25.6 Å². The lowest BCUT2D eigenvalue weighted by atomic mass is 10.1. The fourth-order valence-electron chi connectivity index (χ4n) is 3.82. The minimum Gasteiger partial charge on any atom is -0.355 e. The van der Waals surface area contributed by atoms with Gasteiger partial charge in [-0.3, -0.25) is 9.59 Å². The second-order valence-corrected chi connectivity index (χ2v) is 8.26. The maximum absolute atomic E-state index is 12.3. The molecule has 1 aromatic rings. The van der Waals surface area contributed by atoms with Crippen LogP contribution in [-0.4, -0.2) is 41.6 Å². The van der Waals surface area contributed by atoms with Crippen LogP contribution in [-0.2, 0) is 15.3 Å². The van der Waals surface area contributed by atoms with Crippen molar-refractivity contribution in [2.75, 3.05) is 18.8 Å². The van der Waals surface area contributed by atoms with Gasteiger partial charge in [-0.2, -0.15) is 11.8 Å². The molecular formula is C20H28N2O2S. The number of thioether (sulfide) groups is 1. The molecule has 1 saturated heterocycles. The number of hydrogen-bond acceptors (Lipinski definition) is 3. The molecule has 25 heavy (non-hydrogen) atoms. The number of rotatable bonds is 7. The van der Waals surface area contributed by atoms with E-state index in [4.69, 9.17) is 0 Å². The highest BCUT2D eigenvalue weighted by Gasteiger charge is 2.38. The van der Waals surface area contributed by atoms with Gasteiger partial charge in [-0.1, -0.05) is 37.1 Å². The Morgan fingerprint density at radius 1 is 1.28 bits per heavy atom. The standard InChI is InChI=1S/C20H28N2O2S/c1-15-6-2-3-7-16(15)14-25-11-10-21-20(24)17-12-19(23)22(13-17)18-8-4-5-9-18/h2-3,6-7,17-18H,4-5,8-14H2,1H3,(H,21,24)/t17-/m0/s1. The third-order valence-corrected chi connectivity index (χ3v) is 6.37. The molecule has 5 heteroatoms. The van der Waals surface area contributed by atoms with E-state index in [0.717, 1.165) is 24.3 Å². The Balaban J connectivity index is 1.35. The SMILES string of the molecule is Cc1ccccc1CSCCNC(=O)[C@H]1CC(=O)N(C2CCCC2)C1. The summed E-state index contributed by atoms with van der Waals surface area (Å²) in [6, 6.07) is 8.79. The number of carbonyl (C=O) groups excluding carboxylic acids is 2. The van der Waals surface area contributed by atoms with Crippen molar-refractivity contribution in [3.63, 3.8) is 0 Å². The van der Waals surface area contributed by atoms with E-state index in [2.05, 4.69) is 36.5 Å². The van der Waals surface area contributed by atoms with Crippen LogP contribution < -0.4 is 5.32 Å². The Morgan fingerprint density at radius 2 is 2.04 bits per heavy atom. The quantitative estimate of drug-likeness (QED) is 0.760. The second-order valence-electron chi connectivity index (χ2n) is 7.16. The molecule has 1 atom stereocenters. The molecule has 1 saturated carbocycles. The molecule has 1 aromatic carbocycles. The summed E-state index contributed by atoms with van der Waals surface area (Å²) in [7, 11) is 0. The number of hydrogen-bond donors (Lipinski definition) is 1. The Bertz CT molecular complexity index is 613. The molecule has 1 N–H and O–H groups in total. The van der Waals surface area contributed by atoms with Crippen molar-refractivity contribution >= 4 is 23.6 Å². The molecule has 1 heterocycles. The van der Waals surface area contributed by atoms with Crippen LogP contribution in [0.5, 0.6) is 0 Å². The Kier molecular flexibility index (Phi) is 6.40. The number of likely N-dealkylation sites (tertiary alicyclic amines) is 1. The summed E-state index contributed by atoms with van der Waals surface area (Å²) in [5.41, 5.74) is 2.67. The Morgan fingerprint density at radius 3 is 2.80 bits per heavy atom. The zero-order valence-electron chi connectivity index (χ0n) is 15.0. The van der Waals surface area contributed by atoms with Crippen molar-refractivity contribution in [3.05, 3.63) is 35.4 Å². The zero-order valence-corrected chi connectivity index (χ0v) is 15.8. The normalized spacial score (nSPS) is 21.1. The van der Waals surface area contributed by atoms with E-state index < -0.39 is 0 Å². The summed E-state index contributed by atoms with van der Waals surface area (Å²) in [6.45, 7) is 3.42. The van der Waals surface area contributed by atoms with Crippen LogP contribution in [0, 0.1) is 12.8 Å². The first-order chi connectivity index (χ1) is 12.1. The molecule has 0 spiro atoms. The van der Waals surface area contributed by atoms with E-state index in [-0.39, 0.29) is 17.7 Å². The highest BCUT2D eigenvalue weighted by Crippen LogP contribution is 2.29. The number of amides is 2. The average Bonchev–Trinajstić information content (AvgIpc) is 3.25. The van der Waals surface area contributed by atoms with E-state index in [1.165, 1.54) is 24.0 Å². The van der Waals surface area contributed by atoms with Crippen molar-refractivity contribution in [1.29, 1.82) is 0 Å². The third kappa shape index (κ3) is 4.78. The van der Waals surface area contributed by atoms with Crippen molar-refractivity contribution in [3.8, 4) is 0 Å². The molecule has 1 aliphatic carbocycles. The van der Waals surface area contributed by atoms with Crippen molar-refractivity contribution in [2.45, 2.75) is 50.8 Å². The number of aryl methyl sites for hydroxylation is 1. The van der Waals surface area contributed by atoms with Crippen molar-refractivity contribution < 1.29 is 9.59 Å². The maximum Gasteiger partial charge on any atom is 0.225 e. The van der Waals surface area contributed by atoms with Gasteiger partial charge in [-0.15, -0.1) is 0 Å². The summed E-state index contributed by atoms with van der Waals surface area (Å²) in [5.74, 6) is 1.92. The highest BCUT2D eigenvalue weighted by atomic mass is 32.2. The fraction of sp³-hybridized carbons (Fsp3) is 0.600. The van der Waals surface area contributed by atoms with Crippen LogP contribution in [0.4, 0.5) is 0 Å². The predicted octanol–water partition coefficient (Wildman–Crippen LogP) is 3.14. The van der Waals surface area contributed by atoms with Gasteiger partial charge in [0.15, 0.2) is 0 Å². The van der Waals surface area contributed by atoms with E-state index in [1.54, 1.807) is 0 Å². The molecule has 0 unspecified atom stereocenters. The zero-order chi connectivity index (χ0) is 17.6. The maximum atomic E-state index is 12.3. The van der Waals surface area contributed by atoms with Crippen LogP contribution in [0.2, 0.25) is 0 Å². The summed E-state index contributed by atoms with van der Waals surface area (Å²) >= 11 is 1.83. The fourth-order valence-corrected chi connectivity index (χ4v) is 4.76. The molecule has 0 radical (unpaired) electrons. The summed E-state index contributed by atoms with van der Waals surface area (Å²) < 4.78 is 0. The minimum absolute atomic E-state index is 0.0466. The van der Waals surface area contributed by atoms with Gasteiger partial charge >= 0.3 is 0 Å². The first-order valence-electron chi connectivity index (χ1n) is 9.34. The van der Waals surface area contributed by atoms with Gasteiger partial charge in [0.2, 0.25) is 11.8 Å². The number of nitrogens with zero attached hydrogens (tertiary/aromatic N) is 1. The molecule has 0 bridgehead atoms. The van der Waals surface area contributed by atoms with E-state index in [9.17, 15) is 9.59 Å². The Labute approximate surface area is 154 Å². The van der Waals surface area contributed by atoms with Gasteiger partial charge in [0.25, 0.3) is 0 Å². The smallest absolute Gasteiger partial charge is 0.225 e. The largest absolute Gasteiger partial charge is 0.355 e. The number of carbonyl (C=O) groups is 2. The van der Waals surface area contributed by atoms with Gasteiger partial charge in [0, 0.05) is 37.1 Å². The summed E-state index contributed by atoms with van der Waals surface area (Å²) in [4.78, 5) is 26.5. The van der Waals surface area contributed by atoms with Crippen LogP contribution in [0.15, 0.2) is 24.3 Å². The first-order valence-corrected chi connectivity index (χ1v) is 10.5. The molecular weight excluding hydrogens is 332 g/mol. The number of benzene rings is 1. The van der Waals surface area contributed by atoms with Gasteiger partial charge in [0.05, 0.1) is 5.92 Å². The average molecular weight is 361 g/mol. The van der Waals surface area contributed by atoms with Gasteiger partial charge < -0.3 is 10.2 Å².